The summed E-state index contributed by atoms with van der Waals surface area (Å²) in [6, 6.07) is 24.2. The summed E-state index contributed by atoms with van der Waals surface area (Å²) in [6.45, 7) is 9.63. The molecule has 0 atom stereocenters. The van der Waals surface area contributed by atoms with E-state index >= 15 is 0 Å². The molecule has 0 bridgehead atoms. The van der Waals surface area contributed by atoms with Crippen LogP contribution in [0.1, 0.15) is 24.0 Å². The fraction of sp³-hybridized carbons (Fsp3) is 0.455. The molecule has 0 heterocycles. The minimum absolute atomic E-state index is 1.18. The molecule has 25 heavy (non-hydrogen) atoms. The van der Waals surface area contributed by atoms with Crippen LogP contribution in [0.25, 0.3) is 0 Å². The van der Waals surface area contributed by atoms with E-state index in [-0.39, 0.29) is 0 Å². The summed E-state index contributed by atoms with van der Waals surface area (Å²) >= 11 is 0. The minimum Gasteiger partial charge on any atom is -0.455 e. The molecule has 0 N–H and O–H groups in total. The first-order chi connectivity index (χ1) is 11.9. The van der Waals surface area contributed by atoms with E-state index in [1.165, 1.54) is 48.9 Å². The number of aryl methyl sites for hydroxylation is 2. The second kappa shape index (κ2) is 9.51. The van der Waals surface area contributed by atoms with Crippen molar-refractivity contribution < 1.29 is 4.12 Å². The van der Waals surface area contributed by atoms with E-state index in [1.54, 1.807) is 0 Å². The van der Waals surface area contributed by atoms with E-state index in [1.807, 2.05) is 0 Å². The van der Waals surface area contributed by atoms with E-state index in [0.29, 0.717) is 0 Å². The Morgan fingerprint density at radius 3 is 1.32 bits per heavy atom. The molecule has 2 aromatic rings. The Morgan fingerprint density at radius 1 is 0.600 bits per heavy atom. The van der Waals surface area contributed by atoms with Crippen LogP contribution < -0.4 is 0 Å². The third-order valence-electron chi connectivity index (χ3n) is 4.73. The first-order valence-electron chi connectivity index (χ1n) is 9.64. The lowest BCUT2D eigenvalue weighted by atomic mass is 10.1. The van der Waals surface area contributed by atoms with Crippen molar-refractivity contribution in [2.24, 2.45) is 0 Å². The lowest BCUT2D eigenvalue weighted by molar-refractivity contribution is 0.530. The summed E-state index contributed by atoms with van der Waals surface area (Å²) < 4.78 is 6.78. The van der Waals surface area contributed by atoms with E-state index in [0.717, 1.165) is 0 Å². The summed E-state index contributed by atoms with van der Waals surface area (Å²) in [5.41, 5.74) is 2.90. The van der Waals surface area contributed by atoms with Gasteiger partial charge in [-0.3, -0.25) is 0 Å². The molecular formula is C22H34OSi2. The zero-order valence-electron chi connectivity index (χ0n) is 16.4. The molecule has 2 aromatic carbocycles. The van der Waals surface area contributed by atoms with Crippen LogP contribution in [0.2, 0.25) is 38.3 Å². The third-order valence-corrected chi connectivity index (χ3v) is 12.3. The zero-order chi connectivity index (χ0) is 18.2. The van der Waals surface area contributed by atoms with Gasteiger partial charge in [-0.25, -0.2) is 0 Å². The van der Waals surface area contributed by atoms with E-state index in [4.69, 9.17) is 4.12 Å². The van der Waals surface area contributed by atoms with Crippen LogP contribution in [-0.4, -0.2) is 16.6 Å². The lowest BCUT2D eigenvalue weighted by Crippen LogP contribution is -2.44. The molecule has 0 spiro atoms. The largest absolute Gasteiger partial charge is 0.455 e. The Morgan fingerprint density at radius 2 is 0.960 bits per heavy atom. The Hall–Kier alpha value is -1.17. The maximum atomic E-state index is 6.78. The molecule has 0 aliphatic rings. The lowest BCUT2D eigenvalue weighted by Gasteiger charge is -2.34. The SMILES string of the molecule is C[Si](C)(CCCc1ccccc1)O[Si](C)(C)CCCc1ccccc1. The molecule has 3 heteroatoms. The molecule has 2 rings (SSSR count). The Labute approximate surface area is 156 Å². The van der Waals surface area contributed by atoms with Crippen molar-refractivity contribution >= 4 is 16.6 Å². The number of hydrogen-bond donors (Lipinski definition) is 0. The van der Waals surface area contributed by atoms with Crippen molar-refractivity contribution in [1.82, 2.24) is 0 Å². The van der Waals surface area contributed by atoms with Gasteiger partial charge in [0.25, 0.3) is 0 Å². The Kier molecular flexibility index (Phi) is 7.66. The van der Waals surface area contributed by atoms with E-state index in [9.17, 15) is 0 Å². The van der Waals surface area contributed by atoms with Crippen molar-refractivity contribution in [2.45, 2.75) is 64.0 Å². The molecular weight excluding hydrogens is 336 g/mol. The predicted octanol–water partition coefficient (Wildman–Crippen LogP) is 6.68. The van der Waals surface area contributed by atoms with Crippen molar-refractivity contribution in [2.75, 3.05) is 0 Å². The van der Waals surface area contributed by atoms with Crippen LogP contribution in [0, 0.1) is 0 Å². The fourth-order valence-corrected chi connectivity index (χ4v) is 12.4. The van der Waals surface area contributed by atoms with Gasteiger partial charge in [0.1, 0.15) is 0 Å². The number of rotatable bonds is 10. The van der Waals surface area contributed by atoms with Crippen LogP contribution in [0.3, 0.4) is 0 Å². The second-order valence-corrected chi connectivity index (χ2v) is 17.2. The molecule has 0 saturated heterocycles. The monoisotopic (exact) mass is 370 g/mol. The van der Waals surface area contributed by atoms with Crippen molar-refractivity contribution in [3.8, 4) is 0 Å². The quantitative estimate of drug-likeness (QED) is 0.424. The normalized spacial score (nSPS) is 12.3. The van der Waals surface area contributed by atoms with Gasteiger partial charge in [0.05, 0.1) is 0 Å². The van der Waals surface area contributed by atoms with Crippen LogP contribution in [-0.2, 0) is 17.0 Å². The minimum atomic E-state index is -1.56. The van der Waals surface area contributed by atoms with Crippen molar-refractivity contribution in [3.63, 3.8) is 0 Å². The molecule has 1 nitrogen and oxygen atoms in total. The highest BCUT2D eigenvalue weighted by molar-refractivity contribution is 6.84. The zero-order valence-corrected chi connectivity index (χ0v) is 18.4. The van der Waals surface area contributed by atoms with Crippen molar-refractivity contribution in [3.05, 3.63) is 71.8 Å². The van der Waals surface area contributed by atoms with Crippen molar-refractivity contribution in [1.29, 1.82) is 0 Å². The Balaban J connectivity index is 1.73. The van der Waals surface area contributed by atoms with Gasteiger partial charge in [-0.15, -0.1) is 0 Å². The highest BCUT2D eigenvalue weighted by Gasteiger charge is 2.32. The van der Waals surface area contributed by atoms with Crippen LogP contribution in [0.5, 0.6) is 0 Å². The van der Waals surface area contributed by atoms with Gasteiger partial charge in [-0.1, -0.05) is 60.7 Å². The van der Waals surface area contributed by atoms with Gasteiger partial charge in [0, 0.05) is 0 Å². The summed E-state index contributed by atoms with van der Waals surface area (Å²) in [7, 11) is -3.12. The molecule has 0 radical (unpaired) electrons. The maximum absolute atomic E-state index is 6.78. The van der Waals surface area contributed by atoms with Crippen LogP contribution >= 0.6 is 0 Å². The predicted molar refractivity (Wildman–Crippen MR) is 115 cm³/mol. The van der Waals surface area contributed by atoms with Gasteiger partial charge in [-0.05, 0) is 75.1 Å². The smallest absolute Gasteiger partial charge is 0.173 e. The standard InChI is InChI=1S/C22H34OSi2/c1-24(2,19-11-17-21-13-7-5-8-14-21)23-25(3,4)20-12-18-22-15-9-6-10-16-22/h5-10,13-16H,11-12,17-20H2,1-4H3. The second-order valence-electron chi connectivity index (χ2n) is 8.30. The molecule has 0 aliphatic carbocycles. The first kappa shape index (κ1) is 20.1. The molecule has 0 aromatic heterocycles. The van der Waals surface area contributed by atoms with Gasteiger partial charge < -0.3 is 4.12 Å². The average Bonchev–Trinajstić information content (AvgIpc) is 2.55. The van der Waals surface area contributed by atoms with E-state index < -0.39 is 16.6 Å². The van der Waals surface area contributed by atoms with Gasteiger partial charge in [-0.2, -0.15) is 0 Å². The summed E-state index contributed by atoms with van der Waals surface area (Å²) in [6.07, 6.45) is 4.85. The summed E-state index contributed by atoms with van der Waals surface area (Å²) in [5.74, 6) is 0. The average molecular weight is 371 g/mol. The first-order valence-corrected chi connectivity index (χ1v) is 15.9. The Bertz CT molecular complexity index is 553. The highest BCUT2D eigenvalue weighted by Crippen LogP contribution is 2.25. The molecule has 0 unspecified atom stereocenters. The highest BCUT2D eigenvalue weighted by atomic mass is 28.4. The van der Waals surface area contributed by atoms with Crippen LogP contribution in [0.15, 0.2) is 60.7 Å². The van der Waals surface area contributed by atoms with E-state index in [2.05, 4.69) is 86.9 Å². The topological polar surface area (TPSA) is 9.23 Å². The summed E-state index contributed by atoms with van der Waals surface area (Å²) in [4.78, 5) is 0. The van der Waals surface area contributed by atoms with Crippen LogP contribution in [0.4, 0.5) is 0 Å². The number of hydrogen-bond acceptors (Lipinski definition) is 1. The molecule has 0 amide bonds. The maximum Gasteiger partial charge on any atom is 0.173 e. The molecule has 0 aliphatic heterocycles. The van der Waals surface area contributed by atoms with Gasteiger partial charge in [0.2, 0.25) is 0 Å². The number of benzene rings is 2. The molecule has 0 fully saturated rings. The summed E-state index contributed by atoms with van der Waals surface area (Å²) in [5, 5.41) is 0. The molecule has 136 valence electrons. The third kappa shape index (κ3) is 8.17. The van der Waals surface area contributed by atoms with Gasteiger partial charge in [0.15, 0.2) is 16.6 Å². The molecule has 0 saturated carbocycles. The fourth-order valence-electron chi connectivity index (χ4n) is 3.58. The van der Waals surface area contributed by atoms with Gasteiger partial charge >= 0.3 is 0 Å².